The van der Waals surface area contributed by atoms with Crippen molar-refractivity contribution in [1.29, 1.82) is 0 Å². The van der Waals surface area contributed by atoms with E-state index in [2.05, 4.69) is 0 Å². The molecule has 0 aromatic heterocycles. The highest BCUT2D eigenvalue weighted by atomic mass is 31.2. The maximum atomic E-state index is 12.1. The van der Waals surface area contributed by atoms with Crippen molar-refractivity contribution in [2.45, 2.75) is 32.9 Å². The fourth-order valence-electron chi connectivity index (χ4n) is 1.75. The van der Waals surface area contributed by atoms with Crippen LogP contribution in [0.1, 0.15) is 33.3 Å². The minimum Gasteiger partial charge on any atom is -0.502 e. The van der Waals surface area contributed by atoms with Crippen molar-refractivity contribution >= 4 is 19.5 Å². The van der Waals surface area contributed by atoms with Crippen LogP contribution in [0.5, 0.6) is 17.2 Å². The first kappa shape index (κ1) is 20.2. The van der Waals surface area contributed by atoms with Crippen LogP contribution in [-0.4, -0.2) is 39.0 Å². The largest absolute Gasteiger partial charge is 0.502 e. The van der Waals surface area contributed by atoms with Gasteiger partial charge in [-0.25, -0.2) is 0 Å². The molecule has 0 aliphatic carbocycles. The first-order valence-corrected chi connectivity index (χ1v) is 9.06. The Labute approximate surface area is 141 Å². The number of carbonyl (C=O) groups excluding carboxylic acids is 1. The van der Waals surface area contributed by atoms with Crippen molar-refractivity contribution in [2.75, 3.05) is 13.2 Å². The molecule has 0 bridgehead atoms. The Morgan fingerprint density at radius 3 is 2.00 bits per heavy atom. The van der Waals surface area contributed by atoms with Crippen LogP contribution in [0.25, 0.3) is 6.08 Å². The summed E-state index contributed by atoms with van der Waals surface area (Å²) in [6.07, 6.45) is 2.49. The summed E-state index contributed by atoms with van der Waals surface area (Å²) < 4.78 is 22.0. The number of phenols is 1. The average Bonchev–Trinajstić information content (AvgIpc) is 2.48. The van der Waals surface area contributed by atoms with E-state index >= 15 is 0 Å². The second-order valence-corrected chi connectivity index (χ2v) is 7.74. The van der Waals surface area contributed by atoms with E-state index in [4.69, 9.17) is 9.47 Å². The van der Waals surface area contributed by atoms with Gasteiger partial charge in [-0.3, -0.25) is 9.36 Å². The van der Waals surface area contributed by atoms with Gasteiger partial charge in [0.25, 0.3) is 0 Å². The van der Waals surface area contributed by atoms with Crippen molar-refractivity contribution in [1.82, 2.24) is 0 Å². The lowest BCUT2D eigenvalue weighted by Gasteiger charge is -2.22. The van der Waals surface area contributed by atoms with Crippen molar-refractivity contribution in [3.8, 4) is 17.2 Å². The van der Waals surface area contributed by atoms with Crippen LogP contribution in [0.15, 0.2) is 18.2 Å². The summed E-state index contributed by atoms with van der Waals surface area (Å²) in [6, 6.07) is 3.02. The molecule has 1 aromatic carbocycles. The summed E-state index contributed by atoms with van der Waals surface area (Å²) >= 11 is 0. The topological polar surface area (TPSA) is 113 Å². The van der Waals surface area contributed by atoms with E-state index in [1.807, 2.05) is 0 Å². The first-order valence-electron chi connectivity index (χ1n) is 7.45. The van der Waals surface area contributed by atoms with Gasteiger partial charge in [0.2, 0.25) is 5.75 Å². The monoisotopic (exact) mass is 358 g/mol. The number of allylic oxidation sites excluding steroid dienone is 1. The molecular formula is C16H23O7P. The van der Waals surface area contributed by atoms with Gasteiger partial charge in [-0.05, 0) is 51.5 Å². The third-order valence-corrected chi connectivity index (χ3v) is 5.10. The van der Waals surface area contributed by atoms with Crippen molar-refractivity contribution in [2.24, 2.45) is 0 Å². The quantitative estimate of drug-likeness (QED) is 0.484. The first-order chi connectivity index (χ1) is 11.0. The Hall–Kier alpha value is -1.82. The molecule has 0 fully saturated rings. The minimum absolute atomic E-state index is 0.141. The highest BCUT2D eigenvalue weighted by molar-refractivity contribution is 7.54. The maximum absolute atomic E-state index is 12.1. The molecule has 0 unspecified atom stereocenters. The summed E-state index contributed by atoms with van der Waals surface area (Å²) in [5, 5.41) is 8.23. The lowest BCUT2D eigenvalue weighted by Crippen LogP contribution is -2.29. The zero-order valence-electron chi connectivity index (χ0n) is 14.1. The molecule has 0 spiro atoms. The second-order valence-electron chi connectivity index (χ2n) is 5.53. The van der Waals surface area contributed by atoms with E-state index < -0.39 is 18.5 Å². The van der Waals surface area contributed by atoms with E-state index in [9.17, 15) is 24.3 Å². The summed E-state index contributed by atoms with van der Waals surface area (Å²) in [6.45, 7) is 6.55. The van der Waals surface area contributed by atoms with Gasteiger partial charge >= 0.3 is 7.60 Å². The van der Waals surface area contributed by atoms with Gasteiger partial charge in [0.1, 0.15) is 5.16 Å². The highest BCUT2D eigenvalue weighted by Crippen LogP contribution is 2.50. The van der Waals surface area contributed by atoms with E-state index in [-0.39, 0.29) is 17.2 Å². The van der Waals surface area contributed by atoms with Crippen molar-refractivity contribution < 1.29 is 33.7 Å². The molecule has 24 heavy (non-hydrogen) atoms. The van der Waals surface area contributed by atoms with Crippen LogP contribution in [0, 0.1) is 0 Å². The molecule has 0 atom stereocenters. The standard InChI is InChI=1S/C16H23O7P/c1-5-22-12-9-11(10-13(15(12)18)23-6-2)7-8-14(17)16(3,4)24(19,20)21/h7-10,18H,5-6H2,1-4H3,(H2,19,20,21)/b8-7+. The van der Waals surface area contributed by atoms with Crippen LogP contribution in [-0.2, 0) is 9.36 Å². The number of aromatic hydroxyl groups is 1. The third kappa shape index (κ3) is 4.60. The molecule has 1 aromatic rings. The number of ketones is 1. The zero-order chi connectivity index (χ0) is 18.5. The lowest BCUT2D eigenvalue weighted by molar-refractivity contribution is -0.116. The maximum Gasteiger partial charge on any atom is 0.338 e. The molecule has 0 radical (unpaired) electrons. The fraction of sp³-hybridized carbons (Fsp3) is 0.438. The van der Waals surface area contributed by atoms with Crippen molar-refractivity contribution in [3.63, 3.8) is 0 Å². The van der Waals surface area contributed by atoms with Crippen LogP contribution in [0.4, 0.5) is 0 Å². The Kier molecular flexibility index (Phi) is 6.60. The highest BCUT2D eigenvalue weighted by Gasteiger charge is 2.43. The third-order valence-electron chi connectivity index (χ3n) is 3.42. The molecule has 0 heterocycles. The van der Waals surface area contributed by atoms with Gasteiger partial charge in [0, 0.05) is 0 Å². The Balaban J connectivity index is 3.18. The molecule has 0 saturated carbocycles. The number of carbonyl (C=O) groups is 1. The molecule has 0 amide bonds. The molecule has 8 heteroatoms. The number of phenolic OH excluding ortho intramolecular Hbond substituents is 1. The lowest BCUT2D eigenvalue weighted by atomic mass is 10.1. The van der Waals surface area contributed by atoms with Gasteiger partial charge in [0.15, 0.2) is 17.3 Å². The Bertz CT molecular complexity index is 646. The molecule has 7 nitrogen and oxygen atoms in total. The van der Waals surface area contributed by atoms with E-state index in [1.54, 1.807) is 13.8 Å². The number of ether oxygens (including phenoxy) is 2. The second kappa shape index (κ2) is 7.83. The Morgan fingerprint density at radius 1 is 1.17 bits per heavy atom. The van der Waals surface area contributed by atoms with E-state index in [1.165, 1.54) is 32.1 Å². The number of hydrogen-bond donors (Lipinski definition) is 3. The van der Waals surface area contributed by atoms with E-state index in [0.717, 1.165) is 6.08 Å². The number of hydrogen-bond acceptors (Lipinski definition) is 5. The van der Waals surface area contributed by atoms with Gasteiger partial charge in [-0.2, -0.15) is 0 Å². The fourth-order valence-corrected chi connectivity index (χ4v) is 2.11. The zero-order valence-corrected chi connectivity index (χ0v) is 15.0. The molecule has 134 valence electrons. The summed E-state index contributed by atoms with van der Waals surface area (Å²) in [5.74, 6) is -0.452. The Morgan fingerprint density at radius 2 is 1.62 bits per heavy atom. The minimum atomic E-state index is -4.58. The van der Waals surface area contributed by atoms with Crippen LogP contribution in [0.2, 0.25) is 0 Å². The van der Waals surface area contributed by atoms with Crippen LogP contribution >= 0.6 is 7.60 Å². The van der Waals surface area contributed by atoms with E-state index in [0.29, 0.717) is 18.8 Å². The number of rotatable bonds is 8. The average molecular weight is 358 g/mol. The van der Waals surface area contributed by atoms with Gasteiger partial charge < -0.3 is 24.4 Å². The van der Waals surface area contributed by atoms with Crippen LogP contribution in [0.3, 0.4) is 0 Å². The molecule has 0 aliphatic rings. The predicted molar refractivity (Wildman–Crippen MR) is 90.6 cm³/mol. The molecule has 3 N–H and O–H groups in total. The SMILES string of the molecule is CCOc1cc(/C=C/C(=O)C(C)(C)P(=O)(O)O)cc(OCC)c1O. The predicted octanol–water partition coefficient (Wildman–Crippen LogP) is 2.73. The van der Waals surface area contributed by atoms with Crippen molar-refractivity contribution in [3.05, 3.63) is 23.8 Å². The van der Waals surface area contributed by atoms with Crippen LogP contribution < -0.4 is 9.47 Å². The normalized spacial score (nSPS) is 12.4. The van der Waals surface area contributed by atoms with Gasteiger partial charge in [-0.15, -0.1) is 0 Å². The number of benzene rings is 1. The summed E-state index contributed by atoms with van der Waals surface area (Å²) in [7, 11) is -4.58. The smallest absolute Gasteiger partial charge is 0.338 e. The molecule has 0 aliphatic heterocycles. The summed E-state index contributed by atoms with van der Waals surface area (Å²) in [5.41, 5.74) is 0.495. The van der Waals surface area contributed by atoms with Gasteiger partial charge in [-0.1, -0.05) is 6.08 Å². The molecular weight excluding hydrogens is 335 g/mol. The van der Waals surface area contributed by atoms with Gasteiger partial charge in [0.05, 0.1) is 13.2 Å². The molecule has 0 saturated heterocycles. The summed E-state index contributed by atoms with van der Waals surface area (Å²) in [4.78, 5) is 30.6. The molecule has 1 rings (SSSR count).